The molecule has 1 amide bonds. The van der Waals surface area contributed by atoms with Gasteiger partial charge >= 0.3 is 0 Å². The maximum Gasteiger partial charge on any atom is 0.300 e. The van der Waals surface area contributed by atoms with Crippen molar-refractivity contribution in [3.8, 4) is 11.5 Å². The molecule has 1 atom stereocenters. The molecule has 3 aromatic rings. The van der Waals surface area contributed by atoms with Crippen LogP contribution in [-0.4, -0.2) is 30.0 Å². The Kier molecular flexibility index (Phi) is 7.48. The molecule has 1 aliphatic heterocycles. The Morgan fingerprint density at radius 1 is 1.06 bits per heavy atom. The van der Waals surface area contributed by atoms with Gasteiger partial charge in [0.05, 0.1) is 25.1 Å². The molecule has 7 heteroatoms. The van der Waals surface area contributed by atoms with E-state index >= 15 is 0 Å². The molecule has 7 nitrogen and oxygen atoms in total. The van der Waals surface area contributed by atoms with Gasteiger partial charge in [0, 0.05) is 17.3 Å². The van der Waals surface area contributed by atoms with Crippen LogP contribution in [0, 0.1) is 0 Å². The molecule has 0 spiro atoms. The molecule has 2 aromatic carbocycles. The largest absolute Gasteiger partial charge is 0.507 e. The summed E-state index contributed by atoms with van der Waals surface area (Å²) in [5.41, 5.74) is 1.76. The molecule has 1 aliphatic rings. The van der Waals surface area contributed by atoms with Crippen molar-refractivity contribution in [3.63, 3.8) is 0 Å². The van der Waals surface area contributed by atoms with Crippen LogP contribution in [0.25, 0.3) is 5.76 Å². The Bertz CT molecular complexity index is 1270. The number of nitrogens with zero attached hydrogens (tertiary/aromatic N) is 1. The third kappa shape index (κ3) is 4.73. The van der Waals surface area contributed by atoms with Crippen LogP contribution in [0.1, 0.15) is 63.0 Å². The molecule has 1 fully saturated rings. The van der Waals surface area contributed by atoms with Gasteiger partial charge < -0.3 is 19.0 Å². The fourth-order valence-corrected chi connectivity index (χ4v) is 4.35. The predicted molar refractivity (Wildman–Crippen MR) is 137 cm³/mol. The summed E-state index contributed by atoms with van der Waals surface area (Å²) >= 11 is 0. The summed E-state index contributed by atoms with van der Waals surface area (Å²) in [5, 5.41) is 11.4. The lowest BCUT2D eigenvalue weighted by molar-refractivity contribution is -0.132. The topological polar surface area (TPSA) is 89.2 Å². The summed E-state index contributed by atoms with van der Waals surface area (Å²) < 4.78 is 17.1. The number of carbonyl (C=O) groups is 2. The van der Waals surface area contributed by atoms with E-state index in [1.54, 1.807) is 54.6 Å². The van der Waals surface area contributed by atoms with Crippen molar-refractivity contribution in [2.24, 2.45) is 0 Å². The van der Waals surface area contributed by atoms with E-state index < -0.39 is 17.7 Å². The van der Waals surface area contributed by atoms with Crippen molar-refractivity contribution in [1.82, 2.24) is 0 Å². The molecule has 0 radical (unpaired) electrons. The molecular formula is C29H31NO6. The third-order valence-electron chi connectivity index (χ3n) is 6.03. The number of amides is 1. The van der Waals surface area contributed by atoms with Crippen LogP contribution >= 0.6 is 0 Å². The van der Waals surface area contributed by atoms with Crippen molar-refractivity contribution < 1.29 is 28.6 Å². The van der Waals surface area contributed by atoms with Crippen LogP contribution < -0.4 is 14.4 Å². The van der Waals surface area contributed by atoms with Gasteiger partial charge in [0.25, 0.3) is 11.7 Å². The lowest BCUT2D eigenvalue weighted by Gasteiger charge is -2.24. The van der Waals surface area contributed by atoms with Crippen LogP contribution in [0.15, 0.2) is 70.9 Å². The minimum Gasteiger partial charge on any atom is -0.507 e. The summed E-state index contributed by atoms with van der Waals surface area (Å²) in [6, 6.07) is 14.7. The third-order valence-corrected chi connectivity index (χ3v) is 6.03. The first-order valence-corrected chi connectivity index (χ1v) is 12.2. The van der Waals surface area contributed by atoms with Crippen LogP contribution in [0.2, 0.25) is 0 Å². The number of anilines is 1. The molecule has 0 bridgehead atoms. The van der Waals surface area contributed by atoms with E-state index in [-0.39, 0.29) is 17.3 Å². The number of ether oxygens (including phenoxy) is 2. The van der Waals surface area contributed by atoms with Crippen LogP contribution in [0.4, 0.5) is 5.69 Å². The summed E-state index contributed by atoms with van der Waals surface area (Å²) in [6.07, 6.45) is 2.31. The first kappa shape index (κ1) is 25.1. The zero-order chi connectivity index (χ0) is 25.8. The Morgan fingerprint density at radius 2 is 1.86 bits per heavy atom. The van der Waals surface area contributed by atoms with Gasteiger partial charge in [0.1, 0.15) is 29.1 Å². The lowest BCUT2D eigenvalue weighted by atomic mass is 9.95. The van der Waals surface area contributed by atoms with E-state index in [0.29, 0.717) is 36.0 Å². The standard InChI is InChI=1S/C29H31NO6/c1-5-14-35-21-10-7-9-20(17-21)30-26(24-11-8-15-36-24)25(28(32)29(30)33)27(31)19-12-13-23(34-6-2)22(16-19)18(3)4/h7-13,15-18,26,31H,5-6,14H2,1-4H3/b27-25-. The van der Waals surface area contributed by atoms with Crippen LogP contribution in [0.3, 0.4) is 0 Å². The summed E-state index contributed by atoms with van der Waals surface area (Å²) in [4.78, 5) is 28.0. The maximum absolute atomic E-state index is 13.3. The van der Waals surface area contributed by atoms with Gasteiger partial charge in [-0.3, -0.25) is 14.5 Å². The summed E-state index contributed by atoms with van der Waals surface area (Å²) in [5.74, 6) is -0.00689. The van der Waals surface area contributed by atoms with Crippen molar-refractivity contribution in [2.45, 2.75) is 46.1 Å². The van der Waals surface area contributed by atoms with E-state index in [9.17, 15) is 14.7 Å². The van der Waals surface area contributed by atoms with Gasteiger partial charge in [-0.15, -0.1) is 0 Å². The minimum absolute atomic E-state index is 0.0336. The number of hydrogen-bond acceptors (Lipinski definition) is 6. The fraction of sp³-hybridized carbons (Fsp3) is 0.310. The van der Waals surface area contributed by atoms with Gasteiger partial charge in [-0.25, -0.2) is 0 Å². The maximum atomic E-state index is 13.3. The van der Waals surface area contributed by atoms with Crippen LogP contribution in [0.5, 0.6) is 11.5 Å². The van der Waals surface area contributed by atoms with E-state index in [1.165, 1.54) is 11.2 Å². The number of aliphatic hydroxyl groups excluding tert-OH is 1. The SMILES string of the molecule is CCCOc1cccc(N2C(=O)C(=O)/C(=C(\O)c3ccc(OCC)c(C(C)C)c3)C2c2ccco2)c1. The zero-order valence-corrected chi connectivity index (χ0v) is 21.0. The average Bonchev–Trinajstić information content (AvgIpc) is 3.49. The van der Waals surface area contributed by atoms with Gasteiger partial charge in [-0.1, -0.05) is 26.8 Å². The van der Waals surface area contributed by atoms with Crippen molar-refractivity contribution in [1.29, 1.82) is 0 Å². The number of rotatable bonds is 9. The molecule has 36 heavy (non-hydrogen) atoms. The Hall–Kier alpha value is -4.00. The first-order chi connectivity index (χ1) is 17.4. The highest BCUT2D eigenvalue weighted by molar-refractivity contribution is 6.51. The Balaban J connectivity index is 1.85. The molecule has 1 N–H and O–H groups in total. The van der Waals surface area contributed by atoms with Crippen molar-refractivity contribution >= 4 is 23.1 Å². The first-order valence-electron chi connectivity index (χ1n) is 12.2. The molecule has 188 valence electrons. The predicted octanol–water partition coefficient (Wildman–Crippen LogP) is 6.22. The normalized spacial score (nSPS) is 17.1. The van der Waals surface area contributed by atoms with E-state index in [2.05, 4.69) is 0 Å². The number of carbonyl (C=O) groups excluding carboxylic acids is 2. The quantitative estimate of drug-likeness (QED) is 0.218. The van der Waals surface area contributed by atoms with Gasteiger partial charge in [0.15, 0.2) is 0 Å². The summed E-state index contributed by atoms with van der Waals surface area (Å²) in [6.45, 7) is 9.00. The molecule has 1 aromatic heterocycles. The Labute approximate surface area is 210 Å². The highest BCUT2D eigenvalue weighted by Gasteiger charge is 2.48. The number of hydrogen-bond donors (Lipinski definition) is 1. The molecule has 0 saturated carbocycles. The van der Waals surface area contributed by atoms with Crippen LogP contribution in [-0.2, 0) is 9.59 Å². The van der Waals surface area contributed by atoms with Gasteiger partial charge in [-0.2, -0.15) is 0 Å². The summed E-state index contributed by atoms with van der Waals surface area (Å²) in [7, 11) is 0. The Morgan fingerprint density at radius 3 is 2.53 bits per heavy atom. The second-order valence-corrected chi connectivity index (χ2v) is 8.87. The number of Topliss-reactive ketones (excluding diaryl/α,β-unsaturated/α-hetero) is 1. The van der Waals surface area contributed by atoms with E-state index in [1.807, 2.05) is 27.7 Å². The number of furan rings is 1. The second-order valence-electron chi connectivity index (χ2n) is 8.87. The number of ketones is 1. The smallest absolute Gasteiger partial charge is 0.300 e. The lowest BCUT2D eigenvalue weighted by Crippen LogP contribution is -2.29. The van der Waals surface area contributed by atoms with E-state index in [0.717, 1.165) is 17.7 Å². The molecule has 1 saturated heterocycles. The molecule has 4 rings (SSSR count). The second kappa shape index (κ2) is 10.7. The zero-order valence-electron chi connectivity index (χ0n) is 21.0. The highest BCUT2D eigenvalue weighted by Crippen LogP contribution is 2.43. The molecular weight excluding hydrogens is 458 g/mol. The number of aliphatic hydroxyl groups is 1. The van der Waals surface area contributed by atoms with E-state index in [4.69, 9.17) is 13.9 Å². The molecule has 1 unspecified atom stereocenters. The monoisotopic (exact) mass is 489 g/mol. The van der Waals surface area contributed by atoms with Crippen molar-refractivity contribution in [3.05, 3.63) is 83.3 Å². The van der Waals surface area contributed by atoms with Crippen molar-refractivity contribution in [2.75, 3.05) is 18.1 Å². The van der Waals surface area contributed by atoms with Gasteiger partial charge in [-0.05, 0) is 67.3 Å². The molecule has 2 heterocycles. The van der Waals surface area contributed by atoms with Gasteiger partial charge in [0.2, 0.25) is 0 Å². The number of benzene rings is 2. The highest BCUT2D eigenvalue weighted by atomic mass is 16.5. The average molecular weight is 490 g/mol. The minimum atomic E-state index is -0.935. The molecule has 0 aliphatic carbocycles. The fourth-order valence-electron chi connectivity index (χ4n) is 4.35.